The van der Waals surface area contributed by atoms with Gasteiger partial charge in [0.1, 0.15) is 23.4 Å². The Bertz CT molecular complexity index is 806. The highest BCUT2D eigenvalue weighted by atomic mass is 16.6. The Hall–Kier alpha value is -2.77. The molecule has 8 heteroatoms. The van der Waals surface area contributed by atoms with Gasteiger partial charge < -0.3 is 25.4 Å². The van der Waals surface area contributed by atoms with Crippen molar-refractivity contribution >= 4 is 17.9 Å². The number of amides is 3. The largest absolute Gasteiger partial charge is 0.508 e. The van der Waals surface area contributed by atoms with Crippen molar-refractivity contribution in [1.82, 2.24) is 15.5 Å². The van der Waals surface area contributed by atoms with Crippen LogP contribution in [-0.4, -0.2) is 52.6 Å². The number of unbranched alkanes of at least 4 members (excludes halogenated alkanes) is 2. The van der Waals surface area contributed by atoms with Crippen molar-refractivity contribution in [2.24, 2.45) is 5.92 Å². The summed E-state index contributed by atoms with van der Waals surface area (Å²) in [6, 6.07) is 4.55. The standard InChI is InChI=1S/C26H43N3O5/c1-8-11-12-16-27-23(31)22(19-14-13-15-20(30)17-19)29(10-3)24(32)21(18(4)9-2)28-25(33)34-26(5,6)7/h13-15,17-18,21-22,30H,8-12,16H2,1-7H3,(H,27,31)(H,28,33). The number of hydrogen-bond donors (Lipinski definition) is 3. The van der Waals surface area contributed by atoms with Gasteiger partial charge in [-0.25, -0.2) is 4.79 Å². The zero-order chi connectivity index (χ0) is 25.9. The summed E-state index contributed by atoms with van der Waals surface area (Å²) in [5, 5.41) is 15.7. The summed E-state index contributed by atoms with van der Waals surface area (Å²) in [4.78, 5) is 41.0. The van der Waals surface area contributed by atoms with Crippen LogP contribution in [-0.2, 0) is 14.3 Å². The Morgan fingerprint density at radius 3 is 2.32 bits per heavy atom. The lowest BCUT2D eigenvalue weighted by molar-refractivity contribution is -0.143. The summed E-state index contributed by atoms with van der Waals surface area (Å²) < 4.78 is 5.38. The highest BCUT2D eigenvalue weighted by Gasteiger charge is 2.37. The van der Waals surface area contributed by atoms with Crippen molar-refractivity contribution in [2.75, 3.05) is 13.1 Å². The van der Waals surface area contributed by atoms with Crippen LogP contribution in [0.15, 0.2) is 24.3 Å². The first-order valence-corrected chi connectivity index (χ1v) is 12.3. The molecule has 0 bridgehead atoms. The minimum Gasteiger partial charge on any atom is -0.508 e. The first-order valence-electron chi connectivity index (χ1n) is 12.3. The molecule has 0 aliphatic rings. The van der Waals surface area contributed by atoms with Gasteiger partial charge in [0.2, 0.25) is 11.8 Å². The van der Waals surface area contributed by atoms with E-state index in [1.54, 1.807) is 39.8 Å². The van der Waals surface area contributed by atoms with E-state index in [1.165, 1.54) is 17.0 Å². The first-order chi connectivity index (χ1) is 15.9. The number of phenols is 1. The van der Waals surface area contributed by atoms with Crippen molar-refractivity contribution < 1.29 is 24.2 Å². The summed E-state index contributed by atoms with van der Waals surface area (Å²) in [6.07, 6.45) is 2.82. The summed E-state index contributed by atoms with van der Waals surface area (Å²) in [6.45, 7) is 13.7. The Labute approximate surface area is 204 Å². The number of phenolic OH excluding ortho intramolecular Hbond substituents is 1. The highest BCUT2D eigenvalue weighted by Crippen LogP contribution is 2.26. The molecule has 0 aromatic heterocycles. The molecule has 3 unspecified atom stereocenters. The van der Waals surface area contributed by atoms with E-state index in [2.05, 4.69) is 17.6 Å². The number of rotatable bonds is 12. The molecule has 3 atom stereocenters. The normalized spacial score (nSPS) is 14.0. The second-order valence-electron chi connectivity index (χ2n) is 9.63. The van der Waals surface area contributed by atoms with Crippen molar-refractivity contribution in [1.29, 1.82) is 0 Å². The zero-order valence-corrected chi connectivity index (χ0v) is 21.8. The molecule has 0 saturated carbocycles. The molecule has 3 N–H and O–H groups in total. The number of aromatic hydroxyl groups is 1. The van der Waals surface area contributed by atoms with Crippen molar-refractivity contribution in [2.45, 2.75) is 91.8 Å². The SMILES string of the molecule is CCCCCNC(=O)C(c1cccc(O)c1)N(CC)C(=O)C(NC(=O)OC(C)(C)C)C(C)CC. The van der Waals surface area contributed by atoms with Crippen LogP contribution in [0.4, 0.5) is 4.79 Å². The number of ether oxygens (including phenoxy) is 1. The molecule has 1 rings (SSSR count). The third-order valence-electron chi connectivity index (χ3n) is 5.60. The van der Waals surface area contributed by atoms with Crippen LogP contribution < -0.4 is 10.6 Å². The minimum atomic E-state index is -0.946. The fourth-order valence-corrected chi connectivity index (χ4v) is 3.61. The van der Waals surface area contributed by atoms with Crippen LogP contribution in [0.25, 0.3) is 0 Å². The van der Waals surface area contributed by atoms with Crippen LogP contribution in [0.3, 0.4) is 0 Å². The van der Waals surface area contributed by atoms with Crippen LogP contribution in [0.1, 0.15) is 85.8 Å². The Balaban J connectivity index is 3.29. The van der Waals surface area contributed by atoms with E-state index in [0.717, 1.165) is 19.3 Å². The lowest BCUT2D eigenvalue weighted by Crippen LogP contribution is -2.55. The van der Waals surface area contributed by atoms with E-state index in [-0.39, 0.29) is 30.0 Å². The molecular formula is C26H43N3O5. The molecule has 0 fully saturated rings. The van der Waals surface area contributed by atoms with Gasteiger partial charge in [-0.15, -0.1) is 0 Å². The second-order valence-corrected chi connectivity index (χ2v) is 9.63. The van der Waals surface area contributed by atoms with Gasteiger partial charge in [0, 0.05) is 13.1 Å². The fourth-order valence-electron chi connectivity index (χ4n) is 3.61. The van der Waals surface area contributed by atoms with E-state index in [1.807, 2.05) is 13.8 Å². The average Bonchev–Trinajstić information content (AvgIpc) is 2.76. The average molecular weight is 478 g/mol. The molecule has 8 nitrogen and oxygen atoms in total. The van der Waals surface area contributed by atoms with E-state index in [4.69, 9.17) is 4.74 Å². The highest BCUT2D eigenvalue weighted by molar-refractivity contribution is 5.92. The number of benzene rings is 1. The van der Waals surface area contributed by atoms with E-state index in [0.29, 0.717) is 18.5 Å². The summed E-state index contributed by atoms with van der Waals surface area (Å²) in [5.41, 5.74) is -0.205. The number of nitrogens with one attached hydrogen (secondary N) is 2. The maximum absolute atomic E-state index is 13.8. The molecule has 0 heterocycles. The van der Waals surface area contributed by atoms with E-state index >= 15 is 0 Å². The molecule has 0 saturated heterocycles. The maximum Gasteiger partial charge on any atom is 0.408 e. The summed E-state index contributed by atoms with van der Waals surface area (Å²) >= 11 is 0. The number of nitrogens with zero attached hydrogens (tertiary/aromatic N) is 1. The van der Waals surface area contributed by atoms with Crippen molar-refractivity contribution in [3.63, 3.8) is 0 Å². The molecule has 0 spiro atoms. The Morgan fingerprint density at radius 2 is 1.79 bits per heavy atom. The first kappa shape index (κ1) is 29.3. The molecule has 3 amide bonds. The Kier molecular flexibility index (Phi) is 11.9. The van der Waals surface area contributed by atoms with Gasteiger partial charge >= 0.3 is 6.09 Å². The number of hydrogen-bond acceptors (Lipinski definition) is 5. The minimum absolute atomic E-state index is 0.00939. The van der Waals surface area contributed by atoms with Crippen LogP contribution in [0.2, 0.25) is 0 Å². The smallest absolute Gasteiger partial charge is 0.408 e. The van der Waals surface area contributed by atoms with Crippen LogP contribution in [0.5, 0.6) is 5.75 Å². The van der Waals surface area contributed by atoms with Gasteiger partial charge in [-0.05, 0) is 57.7 Å². The van der Waals surface area contributed by atoms with Gasteiger partial charge in [-0.2, -0.15) is 0 Å². The quantitative estimate of drug-likeness (QED) is 0.383. The van der Waals surface area contributed by atoms with Gasteiger partial charge in [-0.3, -0.25) is 9.59 Å². The van der Waals surface area contributed by atoms with E-state index < -0.39 is 23.8 Å². The number of carbonyl (C=O) groups excluding carboxylic acids is 3. The lowest BCUT2D eigenvalue weighted by atomic mass is 9.95. The molecule has 192 valence electrons. The third kappa shape index (κ3) is 9.23. The van der Waals surface area contributed by atoms with Gasteiger partial charge in [0.15, 0.2) is 0 Å². The predicted octanol–water partition coefficient (Wildman–Crippen LogP) is 4.53. The molecule has 1 aromatic rings. The van der Waals surface area contributed by atoms with Gasteiger partial charge in [-0.1, -0.05) is 52.2 Å². The number of carbonyl (C=O) groups is 3. The molecule has 34 heavy (non-hydrogen) atoms. The number of alkyl carbamates (subject to hydrolysis) is 1. The van der Waals surface area contributed by atoms with Crippen molar-refractivity contribution in [3.05, 3.63) is 29.8 Å². The van der Waals surface area contributed by atoms with Crippen LogP contribution >= 0.6 is 0 Å². The third-order valence-corrected chi connectivity index (χ3v) is 5.60. The van der Waals surface area contributed by atoms with Gasteiger partial charge in [0.05, 0.1) is 0 Å². The fraction of sp³-hybridized carbons (Fsp3) is 0.654. The molecular weight excluding hydrogens is 434 g/mol. The molecule has 1 aromatic carbocycles. The maximum atomic E-state index is 13.8. The number of likely N-dealkylation sites (N-methyl/N-ethyl adjacent to an activating group) is 1. The Morgan fingerprint density at radius 1 is 1.12 bits per heavy atom. The monoisotopic (exact) mass is 477 g/mol. The van der Waals surface area contributed by atoms with Gasteiger partial charge in [0.25, 0.3) is 0 Å². The molecule has 0 aliphatic carbocycles. The second kappa shape index (κ2) is 13.8. The lowest BCUT2D eigenvalue weighted by Gasteiger charge is -2.35. The predicted molar refractivity (Wildman–Crippen MR) is 133 cm³/mol. The molecule has 0 aliphatic heterocycles. The molecule has 0 radical (unpaired) electrons. The summed E-state index contributed by atoms with van der Waals surface area (Å²) in [7, 11) is 0. The van der Waals surface area contributed by atoms with Crippen LogP contribution in [0, 0.1) is 5.92 Å². The topological polar surface area (TPSA) is 108 Å². The summed E-state index contributed by atoms with van der Waals surface area (Å²) in [5.74, 6) is -0.876. The van der Waals surface area contributed by atoms with E-state index in [9.17, 15) is 19.5 Å². The van der Waals surface area contributed by atoms with Crippen molar-refractivity contribution in [3.8, 4) is 5.75 Å². The zero-order valence-electron chi connectivity index (χ0n) is 21.8.